The van der Waals surface area contributed by atoms with E-state index in [-0.39, 0.29) is 0 Å². The first-order chi connectivity index (χ1) is 7.29. The Kier molecular flexibility index (Phi) is 6.28. The molecule has 0 aromatic heterocycles. The molecule has 1 heterocycles. The molecule has 1 nitrogen and oxygen atoms in total. The maximum atomic E-state index is 3.87. The molecule has 1 aliphatic rings. The van der Waals surface area contributed by atoms with Crippen LogP contribution in [0.1, 0.15) is 45.4 Å². The average molecular weight is 272 g/mol. The second-order valence-corrected chi connectivity index (χ2v) is 5.27. The fraction of sp³-hybridized carbons (Fsp3) is 0.769. The van der Waals surface area contributed by atoms with Gasteiger partial charge in [0.2, 0.25) is 0 Å². The molecule has 1 atom stereocenters. The van der Waals surface area contributed by atoms with Gasteiger partial charge in [-0.3, -0.25) is 0 Å². The molecule has 1 rings (SSSR count). The van der Waals surface area contributed by atoms with Crippen molar-refractivity contribution in [2.75, 3.05) is 13.1 Å². The van der Waals surface area contributed by atoms with Gasteiger partial charge in [-0.05, 0) is 0 Å². The number of nitrogens with zero attached hydrogens (tertiary/aromatic N) is 1. The van der Waals surface area contributed by atoms with Gasteiger partial charge in [-0.15, -0.1) is 0 Å². The van der Waals surface area contributed by atoms with Crippen molar-refractivity contribution in [3.63, 3.8) is 0 Å². The number of hydrogen-bond acceptors (Lipinski definition) is 1. The Balaban J connectivity index is 2.45. The Hall–Kier alpha value is -0.0705. The van der Waals surface area contributed by atoms with E-state index in [9.17, 15) is 0 Å². The summed E-state index contributed by atoms with van der Waals surface area (Å²) in [5, 5.41) is 0. The molecule has 86 valence electrons. The van der Waals surface area contributed by atoms with Crippen LogP contribution in [0.15, 0.2) is 12.7 Å². The molecule has 1 unspecified atom stereocenters. The van der Waals surface area contributed by atoms with Gasteiger partial charge in [0.15, 0.2) is 0 Å². The second-order valence-electron chi connectivity index (χ2n) is 4.40. The molecule has 0 aromatic carbocycles. The van der Waals surface area contributed by atoms with Crippen LogP contribution in [0.2, 0.25) is 0 Å². The van der Waals surface area contributed by atoms with Crippen LogP contribution in [-0.2, 0) is 0 Å². The molecule has 15 heavy (non-hydrogen) atoms. The second kappa shape index (κ2) is 7.24. The van der Waals surface area contributed by atoms with Crippen LogP contribution in [0.25, 0.3) is 0 Å². The third-order valence-corrected chi connectivity index (χ3v) is 4.37. The molecule has 0 aromatic rings. The fourth-order valence-electron chi connectivity index (χ4n) is 2.19. The van der Waals surface area contributed by atoms with Crippen molar-refractivity contribution in [3.05, 3.63) is 12.7 Å². The summed E-state index contributed by atoms with van der Waals surface area (Å²) in [6.45, 7) is 8.64. The van der Waals surface area contributed by atoms with Crippen LogP contribution in [0.5, 0.6) is 0 Å². The van der Waals surface area contributed by atoms with E-state index in [0.29, 0.717) is 5.92 Å². The van der Waals surface area contributed by atoms with E-state index < -0.39 is 0 Å². The van der Waals surface area contributed by atoms with Crippen LogP contribution >= 0.6 is 0 Å². The molecular weight excluding hydrogens is 249 g/mol. The van der Waals surface area contributed by atoms with Crippen molar-refractivity contribution in [1.29, 1.82) is 0 Å². The molecule has 0 radical (unpaired) electrons. The van der Waals surface area contributed by atoms with Crippen LogP contribution in [0, 0.1) is 5.92 Å². The van der Waals surface area contributed by atoms with Crippen molar-refractivity contribution in [3.8, 4) is 0 Å². The zero-order valence-electron chi connectivity index (χ0n) is 9.87. The molecule has 0 saturated carbocycles. The normalized spacial score (nSPS) is 17.8. The number of hydrogen-bond donors (Lipinski definition) is 0. The van der Waals surface area contributed by atoms with Gasteiger partial charge in [0, 0.05) is 0 Å². The number of unbranched alkanes of at least 4 members (excludes halogenated alkanes) is 1. The van der Waals surface area contributed by atoms with E-state index in [0.717, 1.165) is 6.42 Å². The molecule has 0 amide bonds. The van der Waals surface area contributed by atoms with Gasteiger partial charge < -0.3 is 0 Å². The Bertz CT molecular complexity index is 207. The quantitative estimate of drug-likeness (QED) is 0.509. The fourth-order valence-corrected chi connectivity index (χ4v) is 3.02. The zero-order valence-corrected chi connectivity index (χ0v) is 11.6. The van der Waals surface area contributed by atoms with Crippen molar-refractivity contribution in [2.24, 2.45) is 5.92 Å². The summed E-state index contributed by atoms with van der Waals surface area (Å²) in [7, 11) is 0. The van der Waals surface area contributed by atoms with Crippen molar-refractivity contribution in [1.82, 2.24) is 4.90 Å². The topological polar surface area (TPSA) is 3.24 Å². The van der Waals surface area contributed by atoms with Gasteiger partial charge in [0.25, 0.3) is 0 Å². The Labute approximate surface area is 102 Å². The molecule has 0 spiro atoms. The van der Waals surface area contributed by atoms with Gasteiger partial charge in [0.05, 0.1) is 0 Å². The predicted octanol–water partition coefficient (Wildman–Crippen LogP) is 2.76. The van der Waals surface area contributed by atoms with E-state index in [2.05, 4.69) is 40.1 Å². The Morgan fingerprint density at radius 1 is 1.47 bits per heavy atom. The Morgan fingerprint density at radius 2 is 2.13 bits per heavy atom. The minimum atomic E-state index is 0.695. The first-order valence-electron chi connectivity index (χ1n) is 6.19. The molecule has 0 N–H and O–H groups in total. The number of rotatable bonds is 7. The average Bonchev–Trinajstić information content (AvgIpc) is 2.76. The van der Waals surface area contributed by atoms with E-state index in [1.807, 2.05) is 0 Å². The van der Waals surface area contributed by atoms with Gasteiger partial charge in [0.1, 0.15) is 0 Å². The predicted molar refractivity (Wildman–Crippen MR) is 69.4 cm³/mol. The van der Waals surface area contributed by atoms with Crippen LogP contribution in [0.3, 0.4) is 0 Å². The monoisotopic (exact) mass is 273 g/mol. The molecule has 1 aliphatic heterocycles. The van der Waals surface area contributed by atoms with Crippen LogP contribution in [0.4, 0.5) is 0 Å². The zero-order chi connectivity index (χ0) is 11.1. The maximum absolute atomic E-state index is 3.87. The van der Waals surface area contributed by atoms with Crippen molar-refractivity contribution < 1.29 is 0 Å². The van der Waals surface area contributed by atoms with Crippen LogP contribution < -0.4 is 0 Å². The van der Waals surface area contributed by atoms with Gasteiger partial charge >= 0.3 is 102 Å². The summed E-state index contributed by atoms with van der Waals surface area (Å²) < 4.78 is 1.49. The molecule has 0 aliphatic carbocycles. The van der Waals surface area contributed by atoms with Gasteiger partial charge in [-0.25, -0.2) is 0 Å². The summed E-state index contributed by atoms with van der Waals surface area (Å²) in [6.07, 6.45) is 9.84. The summed E-state index contributed by atoms with van der Waals surface area (Å²) in [6, 6.07) is 0. The molecular formula is C13H23NSe. The van der Waals surface area contributed by atoms with Gasteiger partial charge in [-0.1, -0.05) is 0 Å². The molecule has 2 heteroatoms. The summed E-state index contributed by atoms with van der Waals surface area (Å²) in [5.74, 6) is 0.695. The van der Waals surface area contributed by atoms with E-state index >= 15 is 0 Å². The number of allylic oxidation sites excluding steroid dienone is 1. The minimum absolute atomic E-state index is 0.695. The molecule has 0 bridgehead atoms. The van der Waals surface area contributed by atoms with Crippen LogP contribution in [-0.4, -0.2) is 38.1 Å². The van der Waals surface area contributed by atoms with Crippen molar-refractivity contribution >= 4 is 20.1 Å². The first kappa shape index (κ1) is 13.0. The number of likely N-dealkylation sites (tertiary alicyclic amines) is 1. The third-order valence-electron chi connectivity index (χ3n) is 3.12. The Morgan fingerprint density at radius 3 is 2.67 bits per heavy atom. The van der Waals surface area contributed by atoms with E-state index in [4.69, 9.17) is 0 Å². The SMILES string of the molecule is C=CCC(CCCC)C(=[Se])N1CCCC1. The van der Waals surface area contributed by atoms with E-state index in [1.54, 1.807) is 0 Å². The molecule has 1 saturated heterocycles. The van der Waals surface area contributed by atoms with Crippen molar-refractivity contribution in [2.45, 2.75) is 45.4 Å². The standard InChI is InChI=1S/C13H23NSe/c1-3-5-9-12(8-4-2)13(15)14-10-6-7-11-14/h4,12H,2-3,5-11H2,1H3. The summed E-state index contributed by atoms with van der Waals surface area (Å²) in [5.41, 5.74) is 0. The summed E-state index contributed by atoms with van der Waals surface area (Å²) in [4.78, 5) is 2.53. The third kappa shape index (κ3) is 4.12. The van der Waals surface area contributed by atoms with Gasteiger partial charge in [-0.2, -0.15) is 0 Å². The first-order valence-corrected chi connectivity index (χ1v) is 7.05. The summed E-state index contributed by atoms with van der Waals surface area (Å²) >= 11 is 3.31. The molecule has 1 fully saturated rings. The van der Waals surface area contributed by atoms with E-state index in [1.165, 1.54) is 49.7 Å².